The van der Waals surface area contributed by atoms with Crippen LogP contribution in [0.4, 0.5) is 0 Å². The lowest BCUT2D eigenvalue weighted by atomic mass is 10.0. The molecule has 0 saturated heterocycles. The maximum atomic E-state index is 12.7. The zero-order valence-electron chi connectivity index (χ0n) is 37.3. The molecule has 8 heteroatoms. The number of ether oxygens (including phenoxy) is 3. The fourth-order valence-corrected chi connectivity index (χ4v) is 6.93. The van der Waals surface area contributed by atoms with Crippen molar-refractivity contribution in [1.82, 2.24) is 0 Å². The van der Waals surface area contributed by atoms with Gasteiger partial charge in [-0.25, -0.2) is 0 Å². The number of quaternary nitrogens is 1. The predicted octanol–water partition coefficient (Wildman–Crippen LogP) is 11.5. The number of carbonyl (C=O) groups excluding carboxylic acids is 3. The number of esters is 2. The molecule has 0 fully saturated rings. The number of likely N-dealkylation sites (N-methyl/N-ethyl adjacent to an activating group) is 1. The Bertz CT molecular complexity index is 973. The minimum Gasteiger partial charge on any atom is -0.544 e. The van der Waals surface area contributed by atoms with E-state index in [1.807, 2.05) is 0 Å². The zero-order valence-corrected chi connectivity index (χ0v) is 37.3. The van der Waals surface area contributed by atoms with E-state index in [1.165, 1.54) is 128 Å². The molecule has 0 aliphatic carbocycles. The van der Waals surface area contributed by atoms with Crippen LogP contribution in [0.5, 0.6) is 0 Å². The van der Waals surface area contributed by atoms with Crippen LogP contribution in [0.2, 0.25) is 0 Å². The van der Waals surface area contributed by atoms with Gasteiger partial charge in [-0.2, -0.15) is 0 Å². The Labute approximate surface area is 345 Å². The summed E-state index contributed by atoms with van der Waals surface area (Å²) >= 11 is 0. The summed E-state index contributed by atoms with van der Waals surface area (Å²) < 4.78 is 17.2. The van der Waals surface area contributed by atoms with Gasteiger partial charge in [0.25, 0.3) is 0 Å². The molecule has 0 aliphatic rings. The van der Waals surface area contributed by atoms with Gasteiger partial charge in [-0.05, 0) is 44.9 Å². The fraction of sp³-hybridized carbons (Fsp3) is 0.854. The van der Waals surface area contributed by atoms with Crippen LogP contribution in [-0.2, 0) is 28.6 Å². The van der Waals surface area contributed by atoms with Crippen LogP contribution in [0.3, 0.4) is 0 Å². The molecule has 0 aromatic rings. The van der Waals surface area contributed by atoms with E-state index in [0.29, 0.717) is 12.8 Å². The average Bonchev–Trinajstić information content (AvgIpc) is 3.15. The van der Waals surface area contributed by atoms with E-state index in [9.17, 15) is 19.5 Å². The van der Waals surface area contributed by atoms with Crippen molar-refractivity contribution in [2.24, 2.45) is 0 Å². The number of hydrogen-bond acceptors (Lipinski definition) is 7. The Morgan fingerprint density at radius 3 is 1.41 bits per heavy atom. The summed E-state index contributed by atoms with van der Waals surface area (Å²) in [5.41, 5.74) is 0. The van der Waals surface area contributed by atoms with Gasteiger partial charge in [-0.15, -0.1) is 0 Å². The van der Waals surface area contributed by atoms with Gasteiger partial charge in [0.2, 0.25) is 0 Å². The lowest BCUT2D eigenvalue weighted by Crippen LogP contribution is -2.55. The first kappa shape index (κ1) is 53.8. The van der Waals surface area contributed by atoms with E-state index in [4.69, 9.17) is 14.2 Å². The highest BCUT2D eigenvalue weighted by Crippen LogP contribution is 2.15. The third-order valence-corrected chi connectivity index (χ3v) is 10.6. The largest absolute Gasteiger partial charge is 0.544 e. The molecule has 0 radical (unpaired) electrons. The van der Waals surface area contributed by atoms with Crippen molar-refractivity contribution in [3.05, 3.63) is 24.3 Å². The van der Waals surface area contributed by atoms with Crippen molar-refractivity contribution >= 4 is 17.9 Å². The predicted molar refractivity (Wildman–Crippen MR) is 231 cm³/mol. The summed E-state index contributed by atoms with van der Waals surface area (Å²) in [6.07, 6.45) is 43.3. The van der Waals surface area contributed by atoms with Crippen LogP contribution < -0.4 is 5.11 Å². The fourth-order valence-electron chi connectivity index (χ4n) is 6.93. The van der Waals surface area contributed by atoms with Crippen LogP contribution in [0.25, 0.3) is 0 Å². The zero-order chi connectivity index (χ0) is 41.4. The summed E-state index contributed by atoms with van der Waals surface area (Å²) in [6.45, 7) is 4.65. The highest BCUT2D eigenvalue weighted by Gasteiger charge is 2.25. The number of nitrogens with zero attached hydrogens (tertiary/aromatic N) is 1. The van der Waals surface area contributed by atoms with Gasteiger partial charge in [-0.3, -0.25) is 9.59 Å². The van der Waals surface area contributed by atoms with Crippen LogP contribution >= 0.6 is 0 Å². The number of carboxylic acids is 1. The van der Waals surface area contributed by atoms with Gasteiger partial charge in [0.15, 0.2) is 6.10 Å². The number of allylic oxidation sites excluding steroid dienone is 4. The van der Waals surface area contributed by atoms with E-state index >= 15 is 0 Å². The molecular formula is C48H89NO7. The molecule has 2 atom stereocenters. The summed E-state index contributed by atoms with van der Waals surface area (Å²) in [5.74, 6) is -1.73. The molecule has 0 spiro atoms. The monoisotopic (exact) mass is 792 g/mol. The average molecular weight is 792 g/mol. The molecular weight excluding hydrogens is 703 g/mol. The Morgan fingerprint density at radius 1 is 0.536 bits per heavy atom. The smallest absolute Gasteiger partial charge is 0.306 e. The van der Waals surface area contributed by atoms with Gasteiger partial charge < -0.3 is 28.6 Å². The van der Waals surface area contributed by atoms with Crippen molar-refractivity contribution < 1.29 is 38.2 Å². The Morgan fingerprint density at radius 2 is 0.946 bits per heavy atom. The third kappa shape index (κ3) is 37.4. The molecule has 8 nitrogen and oxygen atoms in total. The number of carbonyl (C=O) groups is 3. The van der Waals surface area contributed by atoms with Gasteiger partial charge in [0, 0.05) is 19.3 Å². The van der Waals surface area contributed by atoms with E-state index in [2.05, 4.69) is 38.2 Å². The number of hydrogen-bond donors (Lipinski definition) is 0. The van der Waals surface area contributed by atoms with Crippen LogP contribution in [0, 0.1) is 0 Å². The Kier molecular flexibility index (Phi) is 38.1. The van der Waals surface area contributed by atoms with Crippen molar-refractivity contribution in [1.29, 1.82) is 0 Å². The van der Waals surface area contributed by atoms with Crippen molar-refractivity contribution in [2.45, 2.75) is 225 Å². The van der Waals surface area contributed by atoms with Crippen LogP contribution in [0.15, 0.2) is 24.3 Å². The second-order valence-electron chi connectivity index (χ2n) is 17.0. The normalized spacial score (nSPS) is 13.1. The lowest BCUT2D eigenvalue weighted by Gasteiger charge is -2.34. The Hall–Kier alpha value is -2.19. The Balaban J connectivity index is 4.30. The number of unbranched alkanes of at least 4 members (excludes halogenated alkanes) is 24. The molecule has 0 amide bonds. The van der Waals surface area contributed by atoms with Crippen LogP contribution in [-0.4, -0.2) is 75.5 Å². The summed E-state index contributed by atoms with van der Waals surface area (Å²) in [6, 6.07) is -0.724. The topological polar surface area (TPSA) is 102 Å². The van der Waals surface area contributed by atoms with Gasteiger partial charge >= 0.3 is 11.9 Å². The molecule has 0 aromatic heterocycles. The molecule has 0 aliphatic heterocycles. The third-order valence-electron chi connectivity index (χ3n) is 10.6. The molecule has 0 heterocycles. The molecule has 2 unspecified atom stereocenters. The number of carboxylic acid groups (broad SMARTS) is 1. The molecule has 0 aromatic carbocycles. The van der Waals surface area contributed by atoms with Gasteiger partial charge in [-0.1, -0.05) is 173 Å². The minimum absolute atomic E-state index is 0.0415. The second kappa shape index (κ2) is 39.6. The molecule has 0 bridgehead atoms. The highest BCUT2D eigenvalue weighted by atomic mass is 16.6. The van der Waals surface area contributed by atoms with E-state index in [1.54, 1.807) is 21.1 Å². The van der Waals surface area contributed by atoms with E-state index in [0.717, 1.165) is 51.4 Å². The summed E-state index contributed by atoms with van der Waals surface area (Å²) in [4.78, 5) is 36.9. The highest BCUT2D eigenvalue weighted by molar-refractivity contribution is 5.70. The quantitative estimate of drug-likeness (QED) is 0.0262. The van der Waals surface area contributed by atoms with Crippen LogP contribution in [0.1, 0.15) is 213 Å². The standard InChI is InChI=1S/C48H89NO7/c1-6-8-10-12-14-16-18-20-22-23-25-27-29-31-33-35-37-39-47(51)56-44(42-54-41-40-45(48(52)53)49(3,4)5)43-55-46(50)38-36-34-32-30-28-26-24-21-19-17-15-13-11-9-7-2/h14,16,20,22,44-45H,6-13,15,17-19,21,23-43H2,1-5H3/b16-14+,22-20+. The SMILES string of the molecule is CCCCC/C=C/C/C=C/CCCCCCCCCC(=O)OC(COCCC(C(=O)[O-])[N+](C)(C)C)COC(=O)CCCCCCCCCCCCCCCCC. The molecule has 328 valence electrons. The minimum atomic E-state index is -1.12. The molecule has 0 N–H and O–H groups in total. The van der Waals surface area contributed by atoms with Crippen molar-refractivity contribution in [3.63, 3.8) is 0 Å². The second-order valence-corrected chi connectivity index (χ2v) is 17.0. The first-order chi connectivity index (χ1) is 27.1. The lowest BCUT2D eigenvalue weighted by molar-refractivity contribution is -0.889. The number of rotatable bonds is 42. The number of aliphatic carboxylic acids is 1. The molecule has 0 saturated carbocycles. The maximum Gasteiger partial charge on any atom is 0.306 e. The van der Waals surface area contributed by atoms with Gasteiger partial charge in [0.1, 0.15) is 12.6 Å². The van der Waals surface area contributed by atoms with E-state index in [-0.39, 0.29) is 42.7 Å². The first-order valence-electron chi connectivity index (χ1n) is 23.4. The molecule has 0 rings (SSSR count). The van der Waals surface area contributed by atoms with Crippen molar-refractivity contribution in [2.75, 3.05) is 41.0 Å². The summed E-state index contributed by atoms with van der Waals surface area (Å²) in [7, 11) is 5.41. The first-order valence-corrected chi connectivity index (χ1v) is 23.4. The maximum absolute atomic E-state index is 12.7. The van der Waals surface area contributed by atoms with Crippen molar-refractivity contribution in [3.8, 4) is 0 Å². The van der Waals surface area contributed by atoms with E-state index < -0.39 is 18.1 Å². The van der Waals surface area contributed by atoms with Gasteiger partial charge in [0.05, 0.1) is 40.3 Å². The summed E-state index contributed by atoms with van der Waals surface area (Å²) in [5, 5.41) is 11.6. The molecule has 56 heavy (non-hydrogen) atoms.